The van der Waals surface area contributed by atoms with Crippen LogP contribution in [-0.4, -0.2) is 71.3 Å². The van der Waals surface area contributed by atoms with E-state index in [2.05, 4.69) is 25.6 Å². The molecule has 0 saturated carbocycles. The lowest BCUT2D eigenvalue weighted by Gasteiger charge is -2.40. The molecule has 2 aromatic rings. The van der Waals surface area contributed by atoms with Crippen molar-refractivity contribution >= 4 is 11.6 Å². The van der Waals surface area contributed by atoms with Crippen LogP contribution in [0.4, 0.5) is 0 Å². The first-order valence-corrected chi connectivity index (χ1v) is 11.8. The molecule has 8 heteroatoms. The second-order valence-corrected chi connectivity index (χ2v) is 8.70. The third-order valence-electron chi connectivity index (χ3n) is 5.92. The molecule has 2 aromatic carbocycles. The fourth-order valence-corrected chi connectivity index (χ4v) is 4.17. The number of halogens is 1. The maximum Gasteiger partial charge on any atom is 0.126 e. The predicted molar refractivity (Wildman–Crippen MR) is 129 cm³/mol. The molecule has 1 fully saturated rings. The van der Waals surface area contributed by atoms with E-state index in [1.807, 2.05) is 12.1 Å². The van der Waals surface area contributed by atoms with Crippen LogP contribution in [0.1, 0.15) is 35.3 Å². The van der Waals surface area contributed by atoms with Gasteiger partial charge in [0.1, 0.15) is 42.9 Å². The zero-order chi connectivity index (χ0) is 24.7. The number of aryl methyl sites for hydroxylation is 1. The van der Waals surface area contributed by atoms with Crippen LogP contribution in [0.15, 0.2) is 49.1 Å². The van der Waals surface area contributed by atoms with Crippen molar-refractivity contribution in [3.05, 3.63) is 76.3 Å². The molecule has 186 valence electrons. The molecule has 34 heavy (non-hydrogen) atoms. The summed E-state index contributed by atoms with van der Waals surface area (Å²) >= 11 is 6.60. The van der Waals surface area contributed by atoms with Crippen LogP contribution < -0.4 is 4.74 Å². The number of benzene rings is 2. The Morgan fingerprint density at radius 1 is 1.03 bits per heavy atom. The minimum Gasteiger partial charge on any atom is -0.491 e. The molecule has 0 amide bonds. The minimum absolute atomic E-state index is 0.215. The van der Waals surface area contributed by atoms with Crippen LogP contribution in [0.5, 0.6) is 5.75 Å². The molecule has 1 aliphatic heterocycles. The molecule has 3 rings (SSSR count). The molecular weight excluding hydrogens is 460 g/mol. The van der Waals surface area contributed by atoms with E-state index in [1.165, 1.54) is 5.56 Å². The zero-order valence-electron chi connectivity index (χ0n) is 19.3. The molecule has 0 spiro atoms. The molecule has 0 aromatic heterocycles. The quantitative estimate of drug-likeness (QED) is 0.282. The second kappa shape index (κ2) is 12.7. The summed E-state index contributed by atoms with van der Waals surface area (Å²) in [5.41, 5.74) is 3.54. The van der Waals surface area contributed by atoms with Crippen LogP contribution in [0.25, 0.3) is 0 Å². The molecule has 7 nitrogen and oxygen atoms in total. The molecule has 1 unspecified atom stereocenters. The lowest BCUT2D eigenvalue weighted by Crippen LogP contribution is -2.55. The van der Waals surface area contributed by atoms with Gasteiger partial charge in [-0.3, -0.25) is 0 Å². The zero-order valence-corrected chi connectivity index (χ0v) is 20.0. The van der Waals surface area contributed by atoms with Crippen molar-refractivity contribution in [1.82, 2.24) is 0 Å². The average molecular weight is 493 g/mol. The highest BCUT2D eigenvalue weighted by Gasteiger charge is 2.45. The summed E-state index contributed by atoms with van der Waals surface area (Å²) in [6.45, 7) is 6.09. The molecule has 1 saturated heterocycles. The minimum atomic E-state index is -1.50. The number of ether oxygens (including phenoxy) is 3. The Balaban J connectivity index is 1.93. The highest BCUT2D eigenvalue weighted by molar-refractivity contribution is 6.31. The van der Waals surface area contributed by atoms with Crippen molar-refractivity contribution in [3.63, 3.8) is 0 Å². The van der Waals surface area contributed by atoms with Crippen LogP contribution in [0, 0.1) is 0 Å². The monoisotopic (exact) mass is 492 g/mol. The van der Waals surface area contributed by atoms with E-state index >= 15 is 0 Å². The Morgan fingerprint density at radius 2 is 1.74 bits per heavy atom. The van der Waals surface area contributed by atoms with Gasteiger partial charge in [0.2, 0.25) is 0 Å². The van der Waals surface area contributed by atoms with E-state index < -0.39 is 37.1 Å². The first-order chi connectivity index (χ1) is 16.4. The summed E-state index contributed by atoms with van der Waals surface area (Å²) in [4.78, 5) is 0. The van der Waals surface area contributed by atoms with E-state index in [0.29, 0.717) is 36.0 Å². The molecule has 1 aliphatic rings. The van der Waals surface area contributed by atoms with Gasteiger partial charge in [-0.2, -0.15) is 0 Å². The lowest BCUT2D eigenvalue weighted by molar-refractivity contribution is -0.232. The van der Waals surface area contributed by atoms with E-state index in [-0.39, 0.29) is 6.61 Å². The van der Waals surface area contributed by atoms with Gasteiger partial charge < -0.3 is 34.6 Å². The summed E-state index contributed by atoms with van der Waals surface area (Å²) in [6, 6.07) is 11.7. The fraction of sp³-hybridized carbons (Fsp3) is 0.462. The van der Waals surface area contributed by atoms with Crippen LogP contribution in [0.2, 0.25) is 5.02 Å². The second-order valence-electron chi connectivity index (χ2n) is 8.29. The maximum atomic E-state index is 10.7. The normalized spacial score (nSPS) is 24.7. The third kappa shape index (κ3) is 6.37. The van der Waals surface area contributed by atoms with Gasteiger partial charge in [-0.05, 0) is 41.7 Å². The summed E-state index contributed by atoms with van der Waals surface area (Å²) in [5.74, 6) is 0.363. The summed E-state index contributed by atoms with van der Waals surface area (Å²) in [7, 11) is 0. The van der Waals surface area contributed by atoms with Gasteiger partial charge in [0.25, 0.3) is 0 Å². The lowest BCUT2D eigenvalue weighted by atomic mass is 9.89. The standard InChI is InChI=1S/C26H33ClO7/c1-3-9-32-10-11-33-21-14-20(27)18(12-17-7-5-16(4-2)6-8-17)13-19(21)26-25(31)24(30)23(29)22(15-28)34-26/h3,5-8,13-14,22-26,28-31H,1,4,9-12,15H2,2H3/t22-,23?,24+,25-,26+/m1/s1. The number of hydrogen-bond acceptors (Lipinski definition) is 7. The molecule has 1 heterocycles. The summed E-state index contributed by atoms with van der Waals surface area (Å²) in [5, 5.41) is 41.3. The first kappa shape index (κ1) is 26.6. The smallest absolute Gasteiger partial charge is 0.126 e. The third-order valence-corrected chi connectivity index (χ3v) is 6.28. The van der Waals surface area contributed by atoms with E-state index in [9.17, 15) is 20.4 Å². The number of aliphatic hydroxyl groups excluding tert-OH is 4. The van der Waals surface area contributed by atoms with Crippen LogP contribution in [-0.2, 0) is 22.3 Å². The van der Waals surface area contributed by atoms with Gasteiger partial charge in [-0.15, -0.1) is 6.58 Å². The first-order valence-electron chi connectivity index (χ1n) is 11.4. The fourth-order valence-electron chi connectivity index (χ4n) is 3.95. The molecule has 4 N–H and O–H groups in total. The summed E-state index contributed by atoms with van der Waals surface area (Å²) in [6.07, 6.45) is -3.34. The SMILES string of the molecule is C=CCOCCOc1cc(Cl)c(Cc2ccc(CC)cc2)cc1[C@@H]1O[C@H](CO)C(O)[C@H](O)[C@H]1O. The van der Waals surface area contributed by atoms with Gasteiger partial charge in [-0.25, -0.2) is 0 Å². The van der Waals surface area contributed by atoms with Crippen molar-refractivity contribution in [1.29, 1.82) is 0 Å². The number of hydrogen-bond donors (Lipinski definition) is 4. The van der Waals surface area contributed by atoms with Crippen molar-refractivity contribution in [2.24, 2.45) is 0 Å². The number of rotatable bonds is 11. The Morgan fingerprint density at radius 3 is 2.38 bits per heavy atom. The Bertz CT molecular complexity index is 931. The van der Waals surface area contributed by atoms with Gasteiger partial charge in [-0.1, -0.05) is 48.9 Å². The Labute approximate surface area is 205 Å². The largest absolute Gasteiger partial charge is 0.491 e. The van der Waals surface area contributed by atoms with Crippen molar-refractivity contribution in [2.45, 2.75) is 50.3 Å². The van der Waals surface area contributed by atoms with Gasteiger partial charge in [0.15, 0.2) is 0 Å². The van der Waals surface area contributed by atoms with E-state index in [0.717, 1.165) is 17.5 Å². The van der Waals surface area contributed by atoms with Gasteiger partial charge in [0, 0.05) is 10.6 Å². The van der Waals surface area contributed by atoms with E-state index in [4.69, 9.17) is 25.8 Å². The molecule has 5 atom stereocenters. The van der Waals surface area contributed by atoms with Crippen molar-refractivity contribution in [2.75, 3.05) is 26.4 Å². The van der Waals surface area contributed by atoms with Gasteiger partial charge in [0.05, 0.1) is 19.8 Å². The van der Waals surface area contributed by atoms with Crippen LogP contribution in [0.3, 0.4) is 0 Å². The van der Waals surface area contributed by atoms with Gasteiger partial charge >= 0.3 is 0 Å². The van der Waals surface area contributed by atoms with E-state index in [1.54, 1.807) is 18.2 Å². The highest BCUT2D eigenvalue weighted by atomic mass is 35.5. The van der Waals surface area contributed by atoms with Crippen molar-refractivity contribution < 1.29 is 34.6 Å². The molecule has 0 bridgehead atoms. The Kier molecular flexibility index (Phi) is 9.91. The highest BCUT2D eigenvalue weighted by Crippen LogP contribution is 2.40. The Hall–Kier alpha value is -1.97. The predicted octanol–water partition coefficient (Wildman–Crippen LogP) is 2.59. The topological polar surface area (TPSA) is 109 Å². The molecule has 0 radical (unpaired) electrons. The number of aliphatic hydroxyl groups is 4. The molecule has 0 aliphatic carbocycles. The van der Waals surface area contributed by atoms with Crippen molar-refractivity contribution in [3.8, 4) is 5.75 Å². The maximum absolute atomic E-state index is 10.7. The average Bonchev–Trinajstić information content (AvgIpc) is 2.85. The van der Waals surface area contributed by atoms with Crippen LogP contribution >= 0.6 is 11.6 Å². The molecular formula is C26H33ClO7. The summed E-state index contributed by atoms with van der Waals surface area (Å²) < 4.78 is 17.1.